The quantitative estimate of drug-likeness (QED) is 0.411. The van der Waals surface area contributed by atoms with E-state index in [1.54, 1.807) is 29.7 Å². The summed E-state index contributed by atoms with van der Waals surface area (Å²) >= 11 is 9.28. The minimum Gasteiger partial charge on any atom is -0.350 e. The summed E-state index contributed by atoms with van der Waals surface area (Å²) < 4.78 is 0.815. The van der Waals surface area contributed by atoms with Crippen LogP contribution in [0.3, 0.4) is 0 Å². The van der Waals surface area contributed by atoms with Gasteiger partial charge in [0.15, 0.2) is 5.96 Å². The number of aliphatic imine (C=N–C) groups is 1. The van der Waals surface area contributed by atoms with E-state index in [0.29, 0.717) is 6.54 Å². The number of halogens is 2. The normalized spacial score (nSPS) is 11.2. The number of aromatic nitrogens is 1. The fourth-order valence-corrected chi connectivity index (χ4v) is 3.91. The van der Waals surface area contributed by atoms with Gasteiger partial charge in [-0.2, -0.15) is 0 Å². The number of nitrogens with zero attached hydrogens (tertiary/aromatic N) is 3. The summed E-state index contributed by atoms with van der Waals surface area (Å²) in [7, 11) is 3.81. The molecule has 122 valence electrons. The van der Waals surface area contributed by atoms with E-state index >= 15 is 0 Å². The standard InChI is InChI=1S/C14H19ClN4S2.HI/c1-9-10(2)20-13(18-9)7-17-14(16-3)19(4)8-11-5-6-12(15)21-11;/h5-6H,7-8H2,1-4H3,(H,16,17);1H. The molecule has 22 heavy (non-hydrogen) atoms. The van der Waals surface area contributed by atoms with Gasteiger partial charge < -0.3 is 10.2 Å². The summed E-state index contributed by atoms with van der Waals surface area (Å²) in [4.78, 5) is 13.4. The second kappa shape index (κ2) is 9.05. The predicted octanol–water partition coefficient (Wildman–Crippen LogP) is 4.30. The maximum Gasteiger partial charge on any atom is 0.194 e. The van der Waals surface area contributed by atoms with Crippen molar-refractivity contribution < 1.29 is 0 Å². The lowest BCUT2D eigenvalue weighted by Gasteiger charge is -2.21. The molecular weight excluding hydrogens is 451 g/mol. The van der Waals surface area contributed by atoms with Crippen molar-refractivity contribution in [2.75, 3.05) is 14.1 Å². The van der Waals surface area contributed by atoms with Gasteiger partial charge in [-0.05, 0) is 26.0 Å². The van der Waals surface area contributed by atoms with E-state index in [4.69, 9.17) is 11.6 Å². The first-order chi connectivity index (χ1) is 9.99. The van der Waals surface area contributed by atoms with Crippen LogP contribution in [0.15, 0.2) is 17.1 Å². The van der Waals surface area contributed by atoms with Gasteiger partial charge in [0.1, 0.15) is 5.01 Å². The average Bonchev–Trinajstić information content (AvgIpc) is 2.97. The van der Waals surface area contributed by atoms with E-state index in [1.807, 2.05) is 26.1 Å². The third-order valence-electron chi connectivity index (χ3n) is 3.07. The zero-order chi connectivity index (χ0) is 15.4. The van der Waals surface area contributed by atoms with Crippen LogP contribution in [0.1, 0.15) is 20.5 Å². The van der Waals surface area contributed by atoms with Crippen LogP contribution < -0.4 is 5.32 Å². The van der Waals surface area contributed by atoms with Crippen molar-refractivity contribution in [2.24, 2.45) is 4.99 Å². The van der Waals surface area contributed by atoms with Crippen molar-refractivity contribution in [1.29, 1.82) is 0 Å². The Kier molecular flexibility index (Phi) is 8.09. The molecule has 2 aromatic heterocycles. The minimum atomic E-state index is 0. The number of nitrogens with one attached hydrogen (secondary N) is 1. The van der Waals surface area contributed by atoms with Gasteiger partial charge >= 0.3 is 0 Å². The molecule has 4 nitrogen and oxygen atoms in total. The maximum atomic E-state index is 5.96. The number of rotatable bonds is 4. The first kappa shape index (κ1) is 19.7. The van der Waals surface area contributed by atoms with Crippen LogP contribution >= 0.6 is 58.3 Å². The maximum absolute atomic E-state index is 5.96. The molecule has 0 aliphatic rings. The molecule has 2 aromatic rings. The predicted molar refractivity (Wildman–Crippen MR) is 108 cm³/mol. The number of guanidine groups is 1. The molecule has 0 unspecified atom stereocenters. The highest BCUT2D eigenvalue weighted by Crippen LogP contribution is 2.22. The Morgan fingerprint density at radius 3 is 2.59 bits per heavy atom. The molecule has 0 radical (unpaired) electrons. The molecule has 8 heteroatoms. The van der Waals surface area contributed by atoms with Gasteiger partial charge in [0.2, 0.25) is 0 Å². The van der Waals surface area contributed by atoms with Crippen LogP contribution in [-0.2, 0) is 13.1 Å². The van der Waals surface area contributed by atoms with Gasteiger partial charge in [0.05, 0.1) is 23.1 Å². The summed E-state index contributed by atoms with van der Waals surface area (Å²) in [6.07, 6.45) is 0. The summed E-state index contributed by atoms with van der Waals surface area (Å²) in [6.45, 7) is 5.61. The molecule has 0 saturated heterocycles. The van der Waals surface area contributed by atoms with Crippen LogP contribution in [0.25, 0.3) is 0 Å². The summed E-state index contributed by atoms with van der Waals surface area (Å²) in [5.74, 6) is 0.852. The van der Waals surface area contributed by atoms with Crippen LogP contribution in [0.5, 0.6) is 0 Å². The topological polar surface area (TPSA) is 40.5 Å². The van der Waals surface area contributed by atoms with Gasteiger partial charge in [-0.1, -0.05) is 11.6 Å². The third-order valence-corrected chi connectivity index (χ3v) is 5.35. The van der Waals surface area contributed by atoms with Gasteiger partial charge in [-0.15, -0.1) is 46.7 Å². The van der Waals surface area contributed by atoms with Crippen molar-refractivity contribution in [2.45, 2.75) is 26.9 Å². The summed E-state index contributed by atoms with van der Waals surface area (Å²) in [6, 6.07) is 3.97. The van der Waals surface area contributed by atoms with Crippen LogP contribution in [0.4, 0.5) is 0 Å². The van der Waals surface area contributed by atoms with E-state index in [0.717, 1.165) is 27.5 Å². The SMILES string of the molecule is CN=C(NCc1nc(C)c(C)s1)N(C)Cc1ccc(Cl)s1.I. The lowest BCUT2D eigenvalue weighted by Crippen LogP contribution is -2.37. The largest absolute Gasteiger partial charge is 0.350 e. The number of hydrogen-bond donors (Lipinski definition) is 1. The Morgan fingerprint density at radius 2 is 2.09 bits per heavy atom. The summed E-state index contributed by atoms with van der Waals surface area (Å²) in [5.41, 5.74) is 1.10. The Bertz CT molecular complexity index is 619. The van der Waals surface area contributed by atoms with Gasteiger partial charge in [-0.25, -0.2) is 4.98 Å². The van der Waals surface area contributed by atoms with Crippen LogP contribution in [0, 0.1) is 13.8 Å². The molecule has 0 spiro atoms. The molecule has 0 aliphatic heterocycles. The van der Waals surface area contributed by atoms with Crippen molar-refractivity contribution in [3.63, 3.8) is 0 Å². The monoisotopic (exact) mass is 470 g/mol. The fourth-order valence-electron chi connectivity index (χ4n) is 1.90. The number of aryl methyl sites for hydroxylation is 2. The van der Waals surface area contributed by atoms with E-state index in [2.05, 4.69) is 27.1 Å². The van der Waals surface area contributed by atoms with Gasteiger partial charge in [0, 0.05) is 23.8 Å². The molecule has 0 saturated carbocycles. The molecule has 0 aliphatic carbocycles. The highest BCUT2D eigenvalue weighted by Gasteiger charge is 2.10. The molecule has 2 rings (SSSR count). The number of thiophene rings is 1. The Morgan fingerprint density at radius 1 is 1.36 bits per heavy atom. The van der Waals surface area contributed by atoms with E-state index < -0.39 is 0 Å². The van der Waals surface area contributed by atoms with Crippen molar-refractivity contribution in [3.05, 3.63) is 36.9 Å². The molecular formula is C14H20ClIN4S2. The van der Waals surface area contributed by atoms with Crippen LogP contribution in [0.2, 0.25) is 4.34 Å². The van der Waals surface area contributed by atoms with Gasteiger partial charge in [0.25, 0.3) is 0 Å². The number of hydrogen-bond acceptors (Lipinski definition) is 4. The molecule has 1 N–H and O–H groups in total. The molecule has 0 bridgehead atoms. The molecule has 0 fully saturated rings. The Hall–Kier alpha value is -0.380. The Balaban J connectivity index is 0.00000242. The van der Waals surface area contributed by atoms with Gasteiger partial charge in [-0.3, -0.25) is 4.99 Å². The fraction of sp³-hybridized carbons (Fsp3) is 0.429. The molecule has 0 aromatic carbocycles. The van der Waals surface area contributed by atoms with Crippen molar-refractivity contribution in [3.8, 4) is 0 Å². The van der Waals surface area contributed by atoms with E-state index in [1.165, 1.54) is 9.75 Å². The molecule has 2 heterocycles. The second-order valence-corrected chi connectivity index (χ2v) is 7.80. The zero-order valence-corrected chi connectivity index (χ0v) is 17.7. The number of thiazole rings is 1. The van der Waals surface area contributed by atoms with Crippen LogP contribution in [-0.4, -0.2) is 29.9 Å². The lowest BCUT2D eigenvalue weighted by atomic mass is 10.4. The highest BCUT2D eigenvalue weighted by atomic mass is 127. The van der Waals surface area contributed by atoms with Crippen molar-refractivity contribution >= 4 is 64.2 Å². The first-order valence-corrected chi connectivity index (χ1v) is 8.59. The van der Waals surface area contributed by atoms with E-state index in [9.17, 15) is 0 Å². The zero-order valence-electron chi connectivity index (χ0n) is 13.0. The molecule has 0 atom stereocenters. The Labute approximate surface area is 161 Å². The minimum absolute atomic E-state index is 0. The highest BCUT2D eigenvalue weighted by molar-refractivity contribution is 14.0. The second-order valence-electron chi connectivity index (χ2n) is 4.71. The average molecular weight is 471 g/mol. The van der Waals surface area contributed by atoms with Crippen molar-refractivity contribution in [1.82, 2.24) is 15.2 Å². The summed E-state index contributed by atoms with van der Waals surface area (Å²) in [5, 5.41) is 4.43. The van der Waals surface area contributed by atoms with E-state index in [-0.39, 0.29) is 24.0 Å². The smallest absolute Gasteiger partial charge is 0.194 e. The lowest BCUT2D eigenvalue weighted by molar-refractivity contribution is 0.481. The first-order valence-electron chi connectivity index (χ1n) is 6.58. The molecule has 0 amide bonds. The third kappa shape index (κ3) is 5.36.